The Balaban J connectivity index is 1.91. The van der Waals surface area contributed by atoms with Crippen LogP contribution in [0.25, 0.3) is 5.69 Å². The van der Waals surface area contributed by atoms with Gasteiger partial charge in [-0.25, -0.2) is 4.68 Å². The molecular formula is C18H25N3. The number of benzene rings is 1. The van der Waals surface area contributed by atoms with E-state index in [1.54, 1.807) is 0 Å². The molecule has 2 N–H and O–H groups in total. The van der Waals surface area contributed by atoms with E-state index >= 15 is 0 Å². The van der Waals surface area contributed by atoms with E-state index < -0.39 is 0 Å². The standard InChI is InChI=1S/C18H25N3/c1-13(2)14-8-9-17(19)16(12-14)18-10-11-20-21(18)15-6-4-3-5-7-15/h3-7,10-11,13-14,16-17H,8-9,12,19H2,1-2H3. The first kappa shape index (κ1) is 14.3. The molecule has 1 aromatic heterocycles. The largest absolute Gasteiger partial charge is 0.327 e. The zero-order valence-electron chi connectivity index (χ0n) is 12.9. The molecule has 21 heavy (non-hydrogen) atoms. The molecule has 0 amide bonds. The minimum Gasteiger partial charge on any atom is -0.327 e. The first-order chi connectivity index (χ1) is 10.2. The Kier molecular flexibility index (Phi) is 4.11. The van der Waals surface area contributed by atoms with E-state index in [0.29, 0.717) is 5.92 Å². The van der Waals surface area contributed by atoms with Gasteiger partial charge in [0.1, 0.15) is 0 Å². The average molecular weight is 283 g/mol. The molecule has 1 fully saturated rings. The number of nitrogens with two attached hydrogens (primary N) is 1. The summed E-state index contributed by atoms with van der Waals surface area (Å²) in [4.78, 5) is 0. The van der Waals surface area contributed by atoms with Gasteiger partial charge >= 0.3 is 0 Å². The maximum Gasteiger partial charge on any atom is 0.0648 e. The number of hydrogen-bond acceptors (Lipinski definition) is 2. The van der Waals surface area contributed by atoms with Crippen LogP contribution in [-0.2, 0) is 0 Å². The molecule has 0 radical (unpaired) electrons. The lowest BCUT2D eigenvalue weighted by Gasteiger charge is -2.36. The Morgan fingerprint density at radius 1 is 1.14 bits per heavy atom. The van der Waals surface area contributed by atoms with Crippen LogP contribution in [-0.4, -0.2) is 15.8 Å². The van der Waals surface area contributed by atoms with Crippen LogP contribution in [0.1, 0.15) is 44.7 Å². The van der Waals surface area contributed by atoms with Crippen LogP contribution in [0, 0.1) is 11.8 Å². The van der Waals surface area contributed by atoms with E-state index in [4.69, 9.17) is 5.73 Å². The summed E-state index contributed by atoms with van der Waals surface area (Å²) in [7, 11) is 0. The molecule has 0 spiro atoms. The molecule has 3 rings (SSSR count). The SMILES string of the molecule is CC(C)C1CCC(N)C(c2ccnn2-c2ccccc2)C1. The molecule has 1 heterocycles. The molecule has 3 heteroatoms. The summed E-state index contributed by atoms with van der Waals surface area (Å²) < 4.78 is 2.06. The first-order valence-electron chi connectivity index (χ1n) is 8.01. The number of para-hydroxylation sites is 1. The summed E-state index contributed by atoms with van der Waals surface area (Å²) >= 11 is 0. The van der Waals surface area contributed by atoms with Gasteiger partial charge in [0.05, 0.1) is 5.69 Å². The third-order valence-corrected chi connectivity index (χ3v) is 4.94. The van der Waals surface area contributed by atoms with Crippen molar-refractivity contribution >= 4 is 0 Å². The quantitative estimate of drug-likeness (QED) is 0.932. The lowest BCUT2D eigenvalue weighted by molar-refractivity contribution is 0.228. The molecule has 2 aromatic rings. The molecule has 3 nitrogen and oxygen atoms in total. The smallest absolute Gasteiger partial charge is 0.0648 e. The normalized spacial score (nSPS) is 26.2. The van der Waals surface area contributed by atoms with Crippen LogP contribution >= 0.6 is 0 Å². The Hall–Kier alpha value is -1.61. The average Bonchev–Trinajstić information content (AvgIpc) is 2.97. The van der Waals surface area contributed by atoms with Crippen molar-refractivity contribution in [3.63, 3.8) is 0 Å². The summed E-state index contributed by atoms with van der Waals surface area (Å²) in [6.07, 6.45) is 5.45. The van der Waals surface area contributed by atoms with Crippen molar-refractivity contribution in [2.24, 2.45) is 17.6 Å². The van der Waals surface area contributed by atoms with E-state index in [-0.39, 0.29) is 6.04 Å². The first-order valence-corrected chi connectivity index (χ1v) is 8.01. The van der Waals surface area contributed by atoms with Crippen molar-refractivity contribution in [2.45, 2.75) is 45.1 Å². The molecule has 3 atom stereocenters. The fraction of sp³-hybridized carbons (Fsp3) is 0.500. The minimum absolute atomic E-state index is 0.249. The molecule has 1 aliphatic carbocycles. The van der Waals surface area contributed by atoms with Crippen molar-refractivity contribution in [3.05, 3.63) is 48.3 Å². The van der Waals surface area contributed by atoms with Gasteiger partial charge in [-0.05, 0) is 49.3 Å². The van der Waals surface area contributed by atoms with Crippen molar-refractivity contribution in [2.75, 3.05) is 0 Å². The summed E-state index contributed by atoms with van der Waals surface area (Å²) in [5.74, 6) is 1.91. The maximum atomic E-state index is 6.44. The Labute approximate surface area is 127 Å². The fourth-order valence-electron chi connectivity index (χ4n) is 3.55. The molecule has 1 saturated carbocycles. The van der Waals surface area contributed by atoms with E-state index in [0.717, 1.165) is 23.9 Å². The van der Waals surface area contributed by atoms with Gasteiger partial charge in [-0.3, -0.25) is 0 Å². The molecule has 0 aliphatic heterocycles. The molecule has 1 aliphatic rings. The Morgan fingerprint density at radius 3 is 2.62 bits per heavy atom. The molecule has 112 valence electrons. The highest BCUT2D eigenvalue weighted by atomic mass is 15.3. The maximum absolute atomic E-state index is 6.44. The second-order valence-electron chi connectivity index (χ2n) is 6.59. The summed E-state index contributed by atoms with van der Waals surface area (Å²) in [5, 5.41) is 4.53. The third-order valence-electron chi connectivity index (χ3n) is 4.94. The molecule has 1 aromatic carbocycles. The Bertz CT molecular complexity index is 573. The minimum atomic E-state index is 0.249. The zero-order chi connectivity index (χ0) is 14.8. The van der Waals surface area contributed by atoms with Crippen LogP contribution in [0.5, 0.6) is 0 Å². The van der Waals surface area contributed by atoms with Crippen LogP contribution in [0.3, 0.4) is 0 Å². The van der Waals surface area contributed by atoms with Crippen molar-refractivity contribution in [1.82, 2.24) is 9.78 Å². The number of aromatic nitrogens is 2. The van der Waals surface area contributed by atoms with Crippen LogP contribution in [0.2, 0.25) is 0 Å². The van der Waals surface area contributed by atoms with E-state index in [1.807, 2.05) is 12.3 Å². The van der Waals surface area contributed by atoms with E-state index in [9.17, 15) is 0 Å². The van der Waals surface area contributed by atoms with Gasteiger partial charge in [0.15, 0.2) is 0 Å². The van der Waals surface area contributed by atoms with Gasteiger partial charge in [0.2, 0.25) is 0 Å². The Morgan fingerprint density at radius 2 is 1.90 bits per heavy atom. The van der Waals surface area contributed by atoms with Gasteiger partial charge < -0.3 is 5.73 Å². The summed E-state index contributed by atoms with van der Waals surface area (Å²) in [6.45, 7) is 4.65. The number of rotatable bonds is 3. The van der Waals surface area contributed by atoms with E-state index in [1.165, 1.54) is 18.5 Å². The van der Waals surface area contributed by atoms with Crippen molar-refractivity contribution in [3.8, 4) is 5.69 Å². The predicted octanol–water partition coefficient (Wildman–Crippen LogP) is 3.74. The summed E-state index contributed by atoms with van der Waals surface area (Å²) in [6, 6.07) is 12.7. The fourth-order valence-corrected chi connectivity index (χ4v) is 3.55. The lowest BCUT2D eigenvalue weighted by atomic mass is 9.73. The van der Waals surface area contributed by atoms with Crippen molar-refractivity contribution in [1.29, 1.82) is 0 Å². The monoisotopic (exact) mass is 283 g/mol. The van der Waals surface area contributed by atoms with Crippen LogP contribution in [0.15, 0.2) is 42.6 Å². The highest BCUT2D eigenvalue weighted by Crippen LogP contribution is 2.39. The molecular weight excluding hydrogens is 258 g/mol. The second-order valence-corrected chi connectivity index (χ2v) is 6.59. The molecule has 0 saturated heterocycles. The highest BCUT2D eigenvalue weighted by molar-refractivity contribution is 5.33. The molecule has 0 bridgehead atoms. The van der Waals surface area contributed by atoms with Gasteiger partial charge in [0.25, 0.3) is 0 Å². The van der Waals surface area contributed by atoms with Crippen LogP contribution in [0.4, 0.5) is 0 Å². The van der Waals surface area contributed by atoms with E-state index in [2.05, 4.69) is 54.0 Å². The predicted molar refractivity (Wildman–Crippen MR) is 86.5 cm³/mol. The van der Waals surface area contributed by atoms with Crippen LogP contribution < -0.4 is 5.73 Å². The lowest BCUT2D eigenvalue weighted by Crippen LogP contribution is -2.36. The van der Waals surface area contributed by atoms with Gasteiger partial charge in [-0.1, -0.05) is 32.0 Å². The second kappa shape index (κ2) is 6.02. The highest BCUT2D eigenvalue weighted by Gasteiger charge is 2.32. The topological polar surface area (TPSA) is 43.8 Å². The van der Waals surface area contributed by atoms with Crippen molar-refractivity contribution < 1.29 is 0 Å². The van der Waals surface area contributed by atoms with Gasteiger partial charge in [-0.2, -0.15) is 5.10 Å². The van der Waals surface area contributed by atoms with Gasteiger partial charge in [-0.15, -0.1) is 0 Å². The zero-order valence-corrected chi connectivity index (χ0v) is 12.9. The van der Waals surface area contributed by atoms with Gasteiger partial charge in [0, 0.05) is 23.9 Å². The third kappa shape index (κ3) is 2.88. The number of hydrogen-bond donors (Lipinski definition) is 1. The molecule has 3 unspecified atom stereocenters. The summed E-state index contributed by atoms with van der Waals surface area (Å²) in [5.41, 5.74) is 8.82. The number of nitrogens with zero attached hydrogens (tertiary/aromatic N) is 2.